The van der Waals surface area contributed by atoms with Gasteiger partial charge in [0.15, 0.2) is 0 Å². The van der Waals surface area contributed by atoms with Crippen LogP contribution in [0.4, 0.5) is 0 Å². The number of rotatable bonds is 17. The standard InChI is InChI=1S/C20H40O/c1-3-4-5-6-7-8-9-10-11-12-13-14-15-16-17-18-19-20(2)21/h3-19H2,1-2H3. The normalized spacial score (nSPS) is 11.0. The minimum absolute atomic E-state index is 0.348. The molecule has 0 amide bonds. The molecular formula is C20H40O. The van der Waals surface area contributed by atoms with Crippen molar-refractivity contribution in [3.8, 4) is 0 Å². The first-order chi connectivity index (χ1) is 10.3. The second kappa shape index (κ2) is 17.7. The summed E-state index contributed by atoms with van der Waals surface area (Å²) in [5, 5.41) is 0. The molecule has 0 aromatic heterocycles. The Hall–Kier alpha value is -0.330. The molecule has 0 heterocycles. The molecule has 0 aliphatic rings. The van der Waals surface area contributed by atoms with Crippen molar-refractivity contribution < 1.29 is 4.79 Å². The average Bonchev–Trinajstić information content (AvgIpc) is 2.46. The maximum Gasteiger partial charge on any atom is 0.129 e. The van der Waals surface area contributed by atoms with Crippen LogP contribution >= 0.6 is 0 Å². The average molecular weight is 297 g/mol. The van der Waals surface area contributed by atoms with Gasteiger partial charge in [-0.25, -0.2) is 0 Å². The Bertz CT molecular complexity index is 210. The van der Waals surface area contributed by atoms with E-state index in [0.29, 0.717) is 5.78 Å². The zero-order valence-electron chi connectivity index (χ0n) is 14.9. The van der Waals surface area contributed by atoms with Gasteiger partial charge in [0, 0.05) is 6.42 Å². The van der Waals surface area contributed by atoms with Crippen LogP contribution in [0.3, 0.4) is 0 Å². The molecule has 1 nitrogen and oxygen atoms in total. The monoisotopic (exact) mass is 296 g/mol. The highest BCUT2D eigenvalue weighted by atomic mass is 16.1. The Morgan fingerprint density at radius 2 is 0.810 bits per heavy atom. The first kappa shape index (κ1) is 20.7. The Kier molecular flexibility index (Phi) is 17.4. The summed E-state index contributed by atoms with van der Waals surface area (Å²) in [4.78, 5) is 10.8. The molecule has 0 unspecified atom stereocenters. The summed E-state index contributed by atoms with van der Waals surface area (Å²) >= 11 is 0. The van der Waals surface area contributed by atoms with E-state index >= 15 is 0 Å². The lowest BCUT2D eigenvalue weighted by Crippen LogP contribution is -1.89. The van der Waals surface area contributed by atoms with Gasteiger partial charge in [-0.1, -0.05) is 103 Å². The van der Waals surface area contributed by atoms with Crippen LogP contribution in [0, 0.1) is 0 Å². The number of Topliss-reactive ketones (excluding diaryl/α,β-unsaturated/α-hetero) is 1. The number of unbranched alkanes of at least 4 members (excludes halogenated alkanes) is 15. The SMILES string of the molecule is CCCCCCCCCCCCCCCCCCC(C)=O. The second-order valence-corrected chi connectivity index (χ2v) is 6.76. The summed E-state index contributed by atoms with van der Waals surface area (Å²) < 4.78 is 0. The van der Waals surface area contributed by atoms with Gasteiger partial charge in [-0.05, 0) is 13.3 Å². The lowest BCUT2D eigenvalue weighted by molar-refractivity contribution is -0.117. The topological polar surface area (TPSA) is 17.1 Å². The van der Waals surface area contributed by atoms with Crippen molar-refractivity contribution in [3.05, 3.63) is 0 Å². The molecule has 0 aliphatic carbocycles. The van der Waals surface area contributed by atoms with Gasteiger partial charge in [-0.2, -0.15) is 0 Å². The summed E-state index contributed by atoms with van der Waals surface area (Å²) in [5.74, 6) is 0.348. The minimum Gasteiger partial charge on any atom is -0.300 e. The highest BCUT2D eigenvalue weighted by Gasteiger charge is 1.95. The second-order valence-electron chi connectivity index (χ2n) is 6.76. The van der Waals surface area contributed by atoms with E-state index in [1.165, 1.54) is 96.3 Å². The number of hydrogen-bond acceptors (Lipinski definition) is 1. The third kappa shape index (κ3) is 19.7. The fourth-order valence-corrected chi connectivity index (χ4v) is 2.92. The highest BCUT2D eigenvalue weighted by molar-refractivity contribution is 5.75. The largest absolute Gasteiger partial charge is 0.300 e. The molecule has 0 aromatic carbocycles. The van der Waals surface area contributed by atoms with Crippen molar-refractivity contribution in [2.45, 2.75) is 123 Å². The predicted octanol–water partition coefficient (Wildman–Crippen LogP) is 7.23. The first-order valence-corrected chi connectivity index (χ1v) is 9.76. The van der Waals surface area contributed by atoms with Crippen LogP contribution in [-0.2, 0) is 4.79 Å². The predicted molar refractivity (Wildman–Crippen MR) is 94.8 cm³/mol. The Morgan fingerprint density at radius 3 is 1.10 bits per heavy atom. The summed E-state index contributed by atoms with van der Waals surface area (Å²) in [6.07, 6.45) is 23.0. The van der Waals surface area contributed by atoms with Crippen LogP contribution in [0.1, 0.15) is 123 Å². The first-order valence-electron chi connectivity index (χ1n) is 9.76. The fraction of sp³-hybridized carbons (Fsp3) is 0.950. The summed E-state index contributed by atoms with van der Waals surface area (Å²) in [5.41, 5.74) is 0. The summed E-state index contributed by atoms with van der Waals surface area (Å²) in [7, 11) is 0. The lowest BCUT2D eigenvalue weighted by Gasteiger charge is -2.03. The summed E-state index contributed by atoms with van der Waals surface area (Å²) in [6, 6.07) is 0. The number of hydrogen-bond donors (Lipinski definition) is 0. The van der Waals surface area contributed by atoms with Crippen molar-refractivity contribution in [1.29, 1.82) is 0 Å². The highest BCUT2D eigenvalue weighted by Crippen LogP contribution is 2.13. The molecule has 0 bridgehead atoms. The molecule has 0 saturated carbocycles. The molecule has 21 heavy (non-hydrogen) atoms. The molecule has 0 fully saturated rings. The maximum atomic E-state index is 10.8. The molecule has 0 aliphatic heterocycles. The molecule has 0 rings (SSSR count). The van der Waals surface area contributed by atoms with Gasteiger partial charge < -0.3 is 4.79 Å². The molecule has 0 saturated heterocycles. The Morgan fingerprint density at radius 1 is 0.524 bits per heavy atom. The number of carbonyl (C=O) groups is 1. The van der Waals surface area contributed by atoms with Gasteiger partial charge in [0.2, 0.25) is 0 Å². The smallest absolute Gasteiger partial charge is 0.129 e. The van der Waals surface area contributed by atoms with E-state index < -0.39 is 0 Å². The van der Waals surface area contributed by atoms with Crippen LogP contribution < -0.4 is 0 Å². The van der Waals surface area contributed by atoms with Crippen LogP contribution in [0.5, 0.6) is 0 Å². The van der Waals surface area contributed by atoms with E-state index in [-0.39, 0.29) is 0 Å². The minimum atomic E-state index is 0.348. The zero-order chi connectivity index (χ0) is 15.6. The van der Waals surface area contributed by atoms with Gasteiger partial charge in [0.05, 0.1) is 0 Å². The lowest BCUT2D eigenvalue weighted by atomic mass is 10.0. The van der Waals surface area contributed by atoms with Crippen LogP contribution in [0.2, 0.25) is 0 Å². The molecule has 1 heteroatoms. The maximum absolute atomic E-state index is 10.8. The fourth-order valence-electron chi connectivity index (χ4n) is 2.92. The van der Waals surface area contributed by atoms with E-state index in [4.69, 9.17) is 0 Å². The molecule has 0 radical (unpaired) electrons. The van der Waals surface area contributed by atoms with Gasteiger partial charge >= 0.3 is 0 Å². The van der Waals surface area contributed by atoms with Crippen molar-refractivity contribution in [3.63, 3.8) is 0 Å². The molecule has 0 atom stereocenters. The van der Waals surface area contributed by atoms with E-state index in [1.54, 1.807) is 6.92 Å². The quantitative estimate of drug-likeness (QED) is 0.259. The molecule has 0 spiro atoms. The zero-order valence-corrected chi connectivity index (χ0v) is 14.9. The molecule has 0 aromatic rings. The van der Waals surface area contributed by atoms with Crippen LogP contribution in [0.25, 0.3) is 0 Å². The van der Waals surface area contributed by atoms with Crippen molar-refractivity contribution >= 4 is 5.78 Å². The van der Waals surface area contributed by atoms with E-state index in [1.807, 2.05) is 0 Å². The Labute approximate surface area is 134 Å². The van der Waals surface area contributed by atoms with Crippen LogP contribution in [-0.4, -0.2) is 5.78 Å². The Balaban J connectivity index is 2.95. The van der Waals surface area contributed by atoms with E-state index in [0.717, 1.165) is 12.8 Å². The van der Waals surface area contributed by atoms with E-state index in [2.05, 4.69) is 6.92 Å². The van der Waals surface area contributed by atoms with Gasteiger partial charge in [0.25, 0.3) is 0 Å². The van der Waals surface area contributed by atoms with Crippen LogP contribution in [0.15, 0.2) is 0 Å². The molecular weight excluding hydrogens is 256 g/mol. The number of ketones is 1. The van der Waals surface area contributed by atoms with Gasteiger partial charge in [-0.15, -0.1) is 0 Å². The van der Waals surface area contributed by atoms with E-state index in [9.17, 15) is 4.79 Å². The van der Waals surface area contributed by atoms with Crippen molar-refractivity contribution in [1.82, 2.24) is 0 Å². The number of carbonyl (C=O) groups excluding carboxylic acids is 1. The van der Waals surface area contributed by atoms with Gasteiger partial charge in [-0.3, -0.25) is 0 Å². The molecule has 126 valence electrons. The van der Waals surface area contributed by atoms with Gasteiger partial charge in [0.1, 0.15) is 5.78 Å². The summed E-state index contributed by atoms with van der Waals surface area (Å²) in [6.45, 7) is 3.98. The van der Waals surface area contributed by atoms with Crippen molar-refractivity contribution in [2.75, 3.05) is 0 Å². The molecule has 0 N–H and O–H groups in total. The third-order valence-electron chi connectivity index (χ3n) is 4.38. The third-order valence-corrected chi connectivity index (χ3v) is 4.38. The van der Waals surface area contributed by atoms with Crippen molar-refractivity contribution in [2.24, 2.45) is 0 Å².